The van der Waals surface area contributed by atoms with Crippen molar-refractivity contribution in [3.63, 3.8) is 0 Å². The number of carbonyl (C=O) groups is 1. The minimum atomic E-state index is -0.429. The monoisotopic (exact) mass is 256 g/mol. The Balaban J connectivity index is 2.18. The Kier molecular flexibility index (Phi) is 6.09. The lowest BCUT2D eigenvalue weighted by atomic mass is 9.92. The van der Waals surface area contributed by atoms with Gasteiger partial charge in [0.2, 0.25) is 5.91 Å². The molecule has 0 heterocycles. The molecule has 1 unspecified atom stereocenters. The first-order chi connectivity index (χ1) is 8.45. The van der Waals surface area contributed by atoms with Gasteiger partial charge in [-0.15, -0.1) is 0 Å². The van der Waals surface area contributed by atoms with Gasteiger partial charge in [-0.3, -0.25) is 4.79 Å². The van der Waals surface area contributed by atoms with E-state index in [1.807, 2.05) is 13.8 Å². The summed E-state index contributed by atoms with van der Waals surface area (Å²) >= 11 is 0. The Bertz CT molecular complexity index is 261. The molecular weight excluding hydrogens is 228 g/mol. The molecule has 106 valence electrons. The van der Waals surface area contributed by atoms with Crippen molar-refractivity contribution < 1.29 is 9.90 Å². The van der Waals surface area contributed by atoms with Crippen molar-refractivity contribution in [3.05, 3.63) is 0 Å². The van der Waals surface area contributed by atoms with Gasteiger partial charge in [-0.1, -0.05) is 25.7 Å². The lowest BCUT2D eigenvalue weighted by Gasteiger charge is -2.24. The van der Waals surface area contributed by atoms with Crippen molar-refractivity contribution in [1.82, 2.24) is 10.6 Å². The maximum Gasteiger partial charge on any atom is 0.226 e. The molecule has 3 N–H and O–H groups in total. The van der Waals surface area contributed by atoms with Crippen LogP contribution in [0.15, 0.2) is 0 Å². The van der Waals surface area contributed by atoms with E-state index in [1.165, 1.54) is 25.7 Å². The molecule has 1 aliphatic rings. The highest BCUT2D eigenvalue weighted by Gasteiger charge is 2.26. The van der Waals surface area contributed by atoms with Crippen LogP contribution >= 0.6 is 0 Å². The van der Waals surface area contributed by atoms with Gasteiger partial charge < -0.3 is 15.7 Å². The Morgan fingerprint density at radius 2 is 2.00 bits per heavy atom. The van der Waals surface area contributed by atoms with E-state index in [2.05, 4.69) is 10.6 Å². The maximum absolute atomic E-state index is 11.6. The lowest BCUT2D eigenvalue weighted by Crippen LogP contribution is -2.43. The molecule has 1 atom stereocenters. The van der Waals surface area contributed by atoms with Gasteiger partial charge in [0.25, 0.3) is 0 Å². The lowest BCUT2D eigenvalue weighted by molar-refractivity contribution is -0.128. The van der Waals surface area contributed by atoms with E-state index in [0.29, 0.717) is 19.0 Å². The largest absolute Gasteiger partial charge is 0.392 e. The molecular formula is C14H28N2O2. The molecule has 0 saturated heterocycles. The van der Waals surface area contributed by atoms with E-state index >= 15 is 0 Å². The number of aliphatic hydroxyl groups excluding tert-OH is 1. The second-order valence-corrected chi connectivity index (χ2v) is 6.13. The average Bonchev–Trinajstić information content (AvgIpc) is 2.80. The zero-order chi connectivity index (χ0) is 13.6. The highest BCUT2D eigenvalue weighted by atomic mass is 16.3. The van der Waals surface area contributed by atoms with Crippen molar-refractivity contribution >= 4 is 5.91 Å². The summed E-state index contributed by atoms with van der Waals surface area (Å²) in [6.07, 6.45) is 5.77. The predicted molar refractivity (Wildman–Crippen MR) is 73.3 cm³/mol. The Morgan fingerprint density at radius 3 is 2.56 bits per heavy atom. The highest BCUT2D eigenvalue weighted by Crippen LogP contribution is 2.28. The fourth-order valence-electron chi connectivity index (χ4n) is 2.68. The van der Waals surface area contributed by atoms with Gasteiger partial charge in [-0.25, -0.2) is 0 Å². The fourth-order valence-corrected chi connectivity index (χ4v) is 2.68. The van der Waals surface area contributed by atoms with Gasteiger partial charge in [-0.05, 0) is 26.2 Å². The third-order valence-electron chi connectivity index (χ3n) is 3.87. The van der Waals surface area contributed by atoms with Crippen molar-refractivity contribution in [3.8, 4) is 0 Å². The summed E-state index contributed by atoms with van der Waals surface area (Å²) in [6, 6.07) is 0. The molecule has 1 amide bonds. The normalized spacial score (nSPS) is 18.9. The van der Waals surface area contributed by atoms with Crippen molar-refractivity contribution in [2.24, 2.45) is 11.3 Å². The van der Waals surface area contributed by atoms with Crippen LogP contribution in [0.5, 0.6) is 0 Å². The smallest absolute Gasteiger partial charge is 0.226 e. The number of hydrogen-bond acceptors (Lipinski definition) is 3. The summed E-state index contributed by atoms with van der Waals surface area (Å²) in [6.45, 7) is 4.98. The third kappa shape index (κ3) is 4.94. The zero-order valence-corrected chi connectivity index (χ0v) is 12.0. The third-order valence-corrected chi connectivity index (χ3v) is 3.87. The summed E-state index contributed by atoms with van der Waals surface area (Å²) in [5.41, 5.74) is -0.429. The second-order valence-electron chi connectivity index (χ2n) is 6.13. The van der Waals surface area contributed by atoms with Crippen molar-refractivity contribution in [1.29, 1.82) is 0 Å². The van der Waals surface area contributed by atoms with E-state index in [0.717, 1.165) is 6.42 Å². The van der Waals surface area contributed by atoms with Crippen molar-refractivity contribution in [2.45, 2.75) is 52.1 Å². The van der Waals surface area contributed by atoms with Crippen LogP contribution in [-0.4, -0.2) is 37.3 Å². The molecule has 0 aromatic heterocycles. The van der Waals surface area contributed by atoms with Gasteiger partial charge in [0.1, 0.15) is 0 Å². The Labute approximate surface area is 111 Å². The van der Waals surface area contributed by atoms with Crippen LogP contribution in [0, 0.1) is 11.3 Å². The summed E-state index contributed by atoms with van der Waals surface area (Å²) < 4.78 is 0. The molecule has 4 nitrogen and oxygen atoms in total. The van der Waals surface area contributed by atoms with Crippen LogP contribution in [0.4, 0.5) is 0 Å². The molecule has 1 aliphatic carbocycles. The molecule has 0 aliphatic heterocycles. The van der Waals surface area contributed by atoms with E-state index in [9.17, 15) is 9.90 Å². The van der Waals surface area contributed by atoms with Crippen LogP contribution in [0.3, 0.4) is 0 Å². The number of aliphatic hydroxyl groups is 1. The fraction of sp³-hybridized carbons (Fsp3) is 0.929. The molecule has 0 bridgehead atoms. The number of amides is 1. The molecule has 1 rings (SSSR count). The molecule has 1 fully saturated rings. The van der Waals surface area contributed by atoms with E-state index in [1.54, 1.807) is 7.05 Å². The standard InChI is InChI=1S/C14H28N2O2/c1-14(2,13(18)15-3)10-16-9-12(17)8-11-6-4-5-7-11/h11-12,16-17H,4-10H2,1-3H3,(H,15,18). The Hall–Kier alpha value is -0.610. The minimum Gasteiger partial charge on any atom is -0.392 e. The summed E-state index contributed by atoms with van der Waals surface area (Å²) in [7, 11) is 1.65. The first-order valence-electron chi connectivity index (χ1n) is 7.06. The average molecular weight is 256 g/mol. The van der Waals surface area contributed by atoms with E-state index in [4.69, 9.17) is 0 Å². The summed E-state index contributed by atoms with van der Waals surface area (Å²) in [5, 5.41) is 15.8. The summed E-state index contributed by atoms with van der Waals surface area (Å²) in [5.74, 6) is 0.731. The highest BCUT2D eigenvalue weighted by molar-refractivity contribution is 5.81. The topological polar surface area (TPSA) is 61.4 Å². The minimum absolute atomic E-state index is 0.0280. The SMILES string of the molecule is CNC(=O)C(C)(C)CNCC(O)CC1CCCC1. The molecule has 0 radical (unpaired) electrons. The van der Waals surface area contributed by atoms with Gasteiger partial charge >= 0.3 is 0 Å². The Morgan fingerprint density at radius 1 is 1.39 bits per heavy atom. The quantitative estimate of drug-likeness (QED) is 0.643. The maximum atomic E-state index is 11.6. The first kappa shape index (κ1) is 15.4. The number of rotatable bonds is 7. The van der Waals surface area contributed by atoms with Crippen molar-refractivity contribution in [2.75, 3.05) is 20.1 Å². The second kappa shape index (κ2) is 7.10. The number of carbonyl (C=O) groups excluding carboxylic acids is 1. The van der Waals surface area contributed by atoms with Gasteiger partial charge in [0, 0.05) is 20.1 Å². The molecule has 0 aromatic carbocycles. The van der Waals surface area contributed by atoms with Crippen LogP contribution in [-0.2, 0) is 4.79 Å². The number of hydrogen-bond donors (Lipinski definition) is 3. The van der Waals surface area contributed by atoms with Crippen LogP contribution in [0.1, 0.15) is 46.0 Å². The van der Waals surface area contributed by atoms with Crippen LogP contribution in [0.25, 0.3) is 0 Å². The molecule has 1 saturated carbocycles. The van der Waals surface area contributed by atoms with Gasteiger partial charge in [0.05, 0.1) is 11.5 Å². The van der Waals surface area contributed by atoms with E-state index in [-0.39, 0.29) is 12.0 Å². The van der Waals surface area contributed by atoms with Crippen LogP contribution in [0.2, 0.25) is 0 Å². The molecule has 4 heteroatoms. The first-order valence-corrected chi connectivity index (χ1v) is 7.06. The predicted octanol–water partition coefficient (Wildman–Crippen LogP) is 1.29. The molecule has 0 spiro atoms. The summed E-state index contributed by atoms with van der Waals surface area (Å²) in [4.78, 5) is 11.6. The molecule has 18 heavy (non-hydrogen) atoms. The van der Waals surface area contributed by atoms with Gasteiger partial charge in [-0.2, -0.15) is 0 Å². The molecule has 0 aromatic rings. The van der Waals surface area contributed by atoms with Crippen LogP contribution < -0.4 is 10.6 Å². The number of nitrogens with one attached hydrogen (secondary N) is 2. The van der Waals surface area contributed by atoms with Gasteiger partial charge in [0.15, 0.2) is 0 Å². The van der Waals surface area contributed by atoms with E-state index < -0.39 is 5.41 Å². The zero-order valence-electron chi connectivity index (χ0n) is 12.0.